The van der Waals surface area contributed by atoms with E-state index < -0.39 is 0 Å². The van der Waals surface area contributed by atoms with Crippen LogP contribution in [-0.2, 0) is 0 Å². The highest BCUT2D eigenvalue weighted by Gasteiger charge is 2.26. The molecule has 2 fully saturated rings. The van der Waals surface area contributed by atoms with Crippen molar-refractivity contribution >= 4 is 0 Å². The Balaban J connectivity index is 1.70. The number of unbranched alkanes of at least 4 members (excludes halogenated alkanes) is 2. The zero-order valence-electron chi connectivity index (χ0n) is 12.9. The summed E-state index contributed by atoms with van der Waals surface area (Å²) in [7, 11) is 0. The van der Waals surface area contributed by atoms with E-state index in [2.05, 4.69) is 11.8 Å². The smallest absolute Gasteiger partial charge is 0.00793 e. The zero-order chi connectivity index (χ0) is 13.5. The second-order valence-corrected chi connectivity index (χ2v) is 6.97. The molecule has 2 heteroatoms. The maximum absolute atomic E-state index is 6.30. The first-order valence-electron chi connectivity index (χ1n) is 8.77. The molecule has 1 aliphatic heterocycles. The maximum atomic E-state index is 6.30. The third-order valence-electron chi connectivity index (χ3n) is 5.28. The summed E-state index contributed by atoms with van der Waals surface area (Å²) in [5.74, 6) is 1.75. The molecule has 1 saturated heterocycles. The number of hydrogen-bond acceptors (Lipinski definition) is 2. The van der Waals surface area contributed by atoms with Gasteiger partial charge in [0.15, 0.2) is 0 Å². The van der Waals surface area contributed by atoms with Crippen molar-refractivity contribution in [2.45, 2.75) is 77.2 Å². The molecule has 0 aromatic rings. The lowest BCUT2D eigenvalue weighted by Crippen LogP contribution is -2.44. The Morgan fingerprint density at radius 1 is 1.05 bits per heavy atom. The Bertz CT molecular complexity index is 241. The summed E-state index contributed by atoms with van der Waals surface area (Å²) in [5, 5.41) is 0. The van der Waals surface area contributed by atoms with Crippen LogP contribution < -0.4 is 5.73 Å². The van der Waals surface area contributed by atoms with Gasteiger partial charge in [0.05, 0.1) is 0 Å². The average Bonchev–Trinajstić information content (AvgIpc) is 2.42. The normalized spacial score (nSPS) is 33.5. The van der Waals surface area contributed by atoms with Gasteiger partial charge in [0, 0.05) is 19.1 Å². The predicted molar refractivity (Wildman–Crippen MR) is 83.2 cm³/mol. The molecule has 19 heavy (non-hydrogen) atoms. The van der Waals surface area contributed by atoms with Gasteiger partial charge in [-0.15, -0.1) is 0 Å². The van der Waals surface area contributed by atoms with Gasteiger partial charge in [0.2, 0.25) is 0 Å². The molecule has 1 heterocycles. The van der Waals surface area contributed by atoms with Crippen LogP contribution in [0.3, 0.4) is 0 Å². The first kappa shape index (κ1) is 15.3. The van der Waals surface area contributed by atoms with Gasteiger partial charge < -0.3 is 10.6 Å². The van der Waals surface area contributed by atoms with E-state index in [0.29, 0.717) is 6.04 Å². The summed E-state index contributed by atoms with van der Waals surface area (Å²) in [4.78, 5) is 2.73. The first-order valence-corrected chi connectivity index (χ1v) is 8.77. The molecule has 0 radical (unpaired) electrons. The van der Waals surface area contributed by atoms with Crippen molar-refractivity contribution in [1.29, 1.82) is 0 Å². The van der Waals surface area contributed by atoms with E-state index in [4.69, 9.17) is 5.73 Å². The van der Waals surface area contributed by atoms with Crippen molar-refractivity contribution in [2.24, 2.45) is 17.6 Å². The van der Waals surface area contributed by atoms with Crippen LogP contribution in [0.4, 0.5) is 0 Å². The highest BCUT2D eigenvalue weighted by molar-refractivity contribution is 4.82. The molecule has 112 valence electrons. The van der Waals surface area contributed by atoms with Crippen LogP contribution >= 0.6 is 0 Å². The van der Waals surface area contributed by atoms with Gasteiger partial charge in [-0.05, 0) is 50.5 Å². The summed E-state index contributed by atoms with van der Waals surface area (Å²) in [6.07, 6.45) is 14.0. The Labute approximate surface area is 120 Å². The summed E-state index contributed by atoms with van der Waals surface area (Å²) in [6, 6.07) is 0.481. The number of likely N-dealkylation sites (tertiary alicyclic amines) is 1. The highest BCUT2D eigenvalue weighted by atomic mass is 15.1. The summed E-state index contributed by atoms with van der Waals surface area (Å²) in [6.45, 7) is 6.27. The van der Waals surface area contributed by atoms with Crippen LogP contribution in [0.1, 0.15) is 71.1 Å². The van der Waals surface area contributed by atoms with Crippen molar-refractivity contribution in [2.75, 3.05) is 19.6 Å². The minimum atomic E-state index is 0.481. The van der Waals surface area contributed by atoms with Crippen LogP contribution in [0.15, 0.2) is 0 Å². The Morgan fingerprint density at radius 2 is 1.89 bits per heavy atom. The van der Waals surface area contributed by atoms with E-state index in [9.17, 15) is 0 Å². The number of nitrogens with two attached hydrogens (primary N) is 1. The fourth-order valence-electron chi connectivity index (χ4n) is 4.03. The number of hydrogen-bond donors (Lipinski definition) is 1. The van der Waals surface area contributed by atoms with Gasteiger partial charge in [0.1, 0.15) is 0 Å². The maximum Gasteiger partial charge on any atom is 0.00793 e. The van der Waals surface area contributed by atoms with Gasteiger partial charge in [-0.3, -0.25) is 0 Å². The minimum Gasteiger partial charge on any atom is -0.327 e. The standard InChI is InChI=1S/C17H34N2/c1-2-3-4-8-15-9-7-12-19(13-15)14-16-10-5-6-11-17(16)18/h15-17H,2-14,18H2,1H3/t15?,16-,17?/m0/s1. The van der Waals surface area contributed by atoms with Gasteiger partial charge in [0.25, 0.3) is 0 Å². The quantitative estimate of drug-likeness (QED) is 0.741. The summed E-state index contributed by atoms with van der Waals surface area (Å²) in [5.41, 5.74) is 6.30. The number of piperidine rings is 1. The van der Waals surface area contributed by atoms with Gasteiger partial charge in [-0.1, -0.05) is 39.0 Å². The topological polar surface area (TPSA) is 29.3 Å². The largest absolute Gasteiger partial charge is 0.327 e. The lowest BCUT2D eigenvalue weighted by Gasteiger charge is -2.38. The molecule has 2 unspecified atom stereocenters. The lowest BCUT2D eigenvalue weighted by atomic mass is 9.84. The Morgan fingerprint density at radius 3 is 2.68 bits per heavy atom. The van der Waals surface area contributed by atoms with E-state index in [-0.39, 0.29) is 0 Å². The molecule has 1 saturated carbocycles. The predicted octanol–water partition coefficient (Wildman–Crippen LogP) is 3.80. The molecule has 0 bridgehead atoms. The molecule has 0 spiro atoms. The number of nitrogens with zero attached hydrogens (tertiary/aromatic N) is 1. The van der Waals surface area contributed by atoms with E-state index in [1.54, 1.807) is 0 Å². The third kappa shape index (κ3) is 5.07. The fourth-order valence-corrected chi connectivity index (χ4v) is 4.03. The van der Waals surface area contributed by atoms with E-state index in [1.165, 1.54) is 83.8 Å². The van der Waals surface area contributed by atoms with Crippen LogP contribution in [0.25, 0.3) is 0 Å². The average molecular weight is 266 g/mol. The summed E-state index contributed by atoms with van der Waals surface area (Å²) >= 11 is 0. The second-order valence-electron chi connectivity index (χ2n) is 6.97. The third-order valence-corrected chi connectivity index (χ3v) is 5.28. The van der Waals surface area contributed by atoms with E-state index >= 15 is 0 Å². The van der Waals surface area contributed by atoms with Crippen molar-refractivity contribution in [3.63, 3.8) is 0 Å². The van der Waals surface area contributed by atoms with Crippen LogP contribution in [0.2, 0.25) is 0 Å². The van der Waals surface area contributed by atoms with Crippen molar-refractivity contribution in [1.82, 2.24) is 4.90 Å². The molecule has 0 aromatic heterocycles. The first-order chi connectivity index (χ1) is 9.29. The van der Waals surface area contributed by atoms with Crippen LogP contribution in [0.5, 0.6) is 0 Å². The minimum absolute atomic E-state index is 0.481. The van der Waals surface area contributed by atoms with E-state index in [0.717, 1.165) is 11.8 Å². The molecular weight excluding hydrogens is 232 g/mol. The van der Waals surface area contributed by atoms with Gasteiger partial charge >= 0.3 is 0 Å². The number of rotatable bonds is 6. The van der Waals surface area contributed by atoms with Crippen molar-refractivity contribution < 1.29 is 0 Å². The molecule has 0 amide bonds. The molecule has 3 atom stereocenters. The zero-order valence-corrected chi connectivity index (χ0v) is 12.9. The van der Waals surface area contributed by atoms with Gasteiger partial charge in [-0.25, -0.2) is 0 Å². The molecule has 2 nitrogen and oxygen atoms in total. The molecular formula is C17H34N2. The lowest BCUT2D eigenvalue weighted by molar-refractivity contribution is 0.124. The molecule has 0 aromatic carbocycles. The molecule has 2 N–H and O–H groups in total. The Kier molecular flexibility index (Phi) is 6.66. The summed E-state index contributed by atoms with van der Waals surface area (Å²) < 4.78 is 0. The highest BCUT2D eigenvalue weighted by Crippen LogP contribution is 2.27. The van der Waals surface area contributed by atoms with Crippen molar-refractivity contribution in [3.05, 3.63) is 0 Å². The fraction of sp³-hybridized carbons (Fsp3) is 1.00. The second kappa shape index (κ2) is 8.26. The van der Waals surface area contributed by atoms with E-state index in [1.807, 2.05) is 0 Å². The van der Waals surface area contributed by atoms with Gasteiger partial charge in [-0.2, -0.15) is 0 Å². The van der Waals surface area contributed by atoms with Crippen molar-refractivity contribution in [3.8, 4) is 0 Å². The molecule has 2 rings (SSSR count). The van der Waals surface area contributed by atoms with Crippen LogP contribution in [-0.4, -0.2) is 30.6 Å². The molecule has 1 aliphatic carbocycles. The monoisotopic (exact) mass is 266 g/mol. The molecule has 2 aliphatic rings. The van der Waals surface area contributed by atoms with Crippen LogP contribution in [0, 0.1) is 11.8 Å². The SMILES string of the molecule is CCCCCC1CCCN(C[C@@H]2CCCCC2N)C1. The Hall–Kier alpha value is -0.0800.